The molecule has 0 bridgehead atoms. The Morgan fingerprint density at radius 1 is 1.02 bits per heavy atom. The lowest BCUT2D eigenvalue weighted by Crippen LogP contribution is -2.40. The van der Waals surface area contributed by atoms with Crippen LogP contribution in [0.1, 0.15) is 68.5 Å². The fourth-order valence-electron chi connectivity index (χ4n) is 6.52. The van der Waals surface area contributed by atoms with Crippen molar-refractivity contribution in [3.63, 3.8) is 0 Å². The SMILES string of the molecule is COc1ccc(N2C(=O)CCC[C@H]2c2nc3cc(-c4c(C)nnn4C)ccc3n2C2CCC(OC)CC2)cc1F. The first kappa shape index (κ1) is 26.4. The summed E-state index contributed by atoms with van der Waals surface area (Å²) in [6.45, 7) is 1.95. The molecule has 4 aromatic rings. The van der Waals surface area contributed by atoms with Gasteiger partial charge in [-0.05, 0) is 69.7 Å². The number of rotatable bonds is 6. The third-order valence-electron chi connectivity index (χ3n) is 8.49. The second-order valence-corrected chi connectivity index (χ2v) is 10.8. The van der Waals surface area contributed by atoms with Crippen LogP contribution >= 0.6 is 0 Å². The maximum absolute atomic E-state index is 14.8. The van der Waals surface area contributed by atoms with Gasteiger partial charge in [0.15, 0.2) is 11.6 Å². The summed E-state index contributed by atoms with van der Waals surface area (Å²) in [6.07, 6.45) is 6.03. The molecule has 1 aliphatic heterocycles. The van der Waals surface area contributed by atoms with Crippen LogP contribution in [0.5, 0.6) is 5.75 Å². The van der Waals surface area contributed by atoms with Gasteiger partial charge in [-0.15, -0.1) is 5.10 Å². The zero-order valence-corrected chi connectivity index (χ0v) is 23.4. The number of nitrogens with zero attached hydrogens (tertiary/aromatic N) is 6. The number of amides is 1. The second kappa shape index (κ2) is 10.6. The number of aromatic nitrogens is 5. The molecule has 1 atom stereocenters. The van der Waals surface area contributed by atoms with Crippen LogP contribution in [0.4, 0.5) is 10.1 Å². The number of halogens is 1. The van der Waals surface area contributed by atoms with Gasteiger partial charge in [-0.2, -0.15) is 0 Å². The second-order valence-electron chi connectivity index (χ2n) is 10.8. The zero-order chi connectivity index (χ0) is 28.0. The molecule has 9 nitrogen and oxygen atoms in total. The van der Waals surface area contributed by atoms with Gasteiger partial charge >= 0.3 is 0 Å². The molecule has 0 unspecified atom stereocenters. The maximum atomic E-state index is 14.8. The minimum absolute atomic E-state index is 0.0280. The summed E-state index contributed by atoms with van der Waals surface area (Å²) in [6, 6.07) is 10.9. The Kier molecular flexibility index (Phi) is 7.04. The number of hydrogen-bond acceptors (Lipinski definition) is 6. The zero-order valence-electron chi connectivity index (χ0n) is 23.4. The Morgan fingerprint density at radius 3 is 2.50 bits per heavy atom. The number of aryl methyl sites for hydroxylation is 2. The topological polar surface area (TPSA) is 87.3 Å². The van der Waals surface area contributed by atoms with Crippen LogP contribution in [0, 0.1) is 12.7 Å². The fraction of sp³-hybridized carbons (Fsp3) is 0.467. The smallest absolute Gasteiger partial charge is 0.227 e. The number of ether oxygens (including phenoxy) is 2. The third kappa shape index (κ3) is 4.54. The standard InChI is InChI=1S/C30H35FN6O3/c1-18-29(35(2)34-33-18)19-8-14-25-24(16-19)32-30(37(25)20-9-12-22(39-3)13-10-20)26-6-5-7-28(38)36(26)21-11-15-27(40-4)23(31)17-21/h8,11,14-17,20,22,26H,5-7,9-10,12-13H2,1-4H3/t20?,22?,26-/m0/s1. The normalized spacial score (nSPS) is 21.8. The van der Waals surface area contributed by atoms with Gasteiger partial charge < -0.3 is 18.9 Å². The highest BCUT2D eigenvalue weighted by Crippen LogP contribution is 2.42. The average Bonchev–Trinajstić information content (AvgIpc) is 3.51. The molecule has 2 aromatic carbocycles. The van der Waals surface area contributed by atoms with Crippen molar-refractivity contribution in [1.82, 2.24) is 24.5 Å². The highest BCUT2D eigenvalue weighted by Gasteiger charge is 2.36. The highest BCUT2D eigenvalue weighted by molar-refractivity contribution is 5.95. The van der Waals surface area contributed by atoms with Gasteiger partial charge in [0.25, 0.3) is 0 Å². The first-order valence-electron chi connectivity index (χ1n) is 14.0. The number of anilines is 1. The summed E-state index contributed by atoms with van der Waals surface area (Å²) < 4.78 is 29.7. The molecule has 2 fully saturated rings. The maximum Gasteiger partial charge on any atom is 0.227 e. The molecule has 0 spiro atoms. The first-order valence-corrected chi connectivity index (χ1v) is 14.0. The van der Waals surface area contributed by atoms with Gasteiger partial charge in [-0.3, -0.25) is 4.79 Å². The Bertz CT molecular complexity index is 1540. The van der Waals surface area contributed by atoms with Gasteiger partial charge in [-0.1, -0.05) is 11.3 Å². The number of methoxy groups -OCH3 is 2. The number of fused-ring (bicyclic) bond motifs is 1. The van der Waals surface area contributed by atoms with E-state index in [1.165, 1.54) is 13.2 Å². The Hall–Kier alpha value is -3.79. The Balaban J connectivity index is 1.49. The number of imidazole rings is 1. The lowest BCUT2D eigenvalue weighted by Gasteiger charge is -2.37. The molecule has 210 valence electrons. The summed E-state index contributed by atoms with van der Waals surface area (Å²) in [5.74, 6) is 0.477. The molecule has 10 heteroatoms. The van der Waals surface area contributed by atoms with Gasteiger partial charge in [0.05, 0.1) is 41.7 Å². The molecule has 1 aliphatic carbocycles. The monoisotopic (exact) mass is 546 g/mol. The van der Waals surface area contributed by atoms with Crippen LogP contribution in [0.15, 0.2) is 36.4 Å². The van der Waals surface area contributed by atoms with Crippen molar-refractivity contribution < 1.29 is 18.7 Å². The average molecular weight is 547 g/mol. The van der Waals surface area contributed by atoms with Gasteiger partial charge in [0, 0.05) is 43.9 Å². The van der Waals surface area contributed by atoms with Crippen molar-refractivity contribution in [3.8, 4) is 17.0 Å². The largest absolute Gasteiger partial charge is 0.494 e. The van der Waals surface area contributed by atoms with Crippen molar-refractivity contribution in [2.24, 2.45) is 7.05 Å². The van der Waals surface area contributed by atoms with E-state index in [1.54, 1.807) is 28.8 Å². The van der Waals surface area contributed by atoms with E-state index in [9.17, 15) is 9.18 Å². The van der Waals surface area contributed by atoms with E-state index in [0.29, 0.717) is 12.1 Å². The van der Waals surface area contributed by atoms with E-state index < -0.39 is 5.82 Å². The minimum Gasteiger partial charge on any atom is -0.494 e. The molecule has 40 heavy (non-hydrogen) atoms. The van der Waals surface area contributed by atoms with Crippen LogP contribution in [-0.2, 0) is 16.6 Å². The molecule has 1 saturated heterocycles. The first-order chi connectivity index (χ1) is 19.4. The van der Waals surface area contributed by atoms with E-state index in [1.807, 2.05) is 14.0 Å². The summed E-state index contributed by atoms with van der Waals surface area (Å²) >= 11 is 0. The summed E-state index contributed by atoms with van der Waals surface area (Å²) in [7, 11) is 5.10. The number of hydrogen-bond donors (Lipinski definition) is 0. The van der Waals surface area contributed by atoms with Gasteiger partial charge in [0.1, 0.15) is 5.82 Å². The molecule has 1 saturated carbocycles. The van der Waals surface area contributed by atoms with E-state index in [0.717, 1.165) is 72.3 Å². The Labute approximate surface area is 232 Å². The van der Waals surface area contributed by atoms with Crippen LogP contribution in [-0.4, -0.2) is 50.8 Å². The molecule has 3 heterocycles. The fourth-order valence-corrected chi connectivity index (χ4v) is 6.52. The molecule has 6 rings (SSSR count). The predicted octanol–water partition coefficient (Wildman–Crippen LogP) is 5.68. The van der Waals surface area contributed by atoms with E-state index >= 15 is 0 Å². The van der Waals surface area contributed by atoms with E-state index in [2.05, 4.69) is 33.1 Å². The van der Waals surface area contributed by atoms with Crippen molar-refractivity contribution in [2.75, 3.05) is 19.1 Å². The molecular weight excluding hydrogens is 511 g/mol. The van der Waals surface area contributed by atoms with Gasteiger partial charge in [-0.25, -0.2) is 14.1 Å². The molecule has 1 amide bonds. The summed E-state index contributed by atoms with van der Waals surface area (Å²) in [5.41, 5.74) is 5.21. The summed E-state index contributed by atoms with van der Waals surface area (Å²) in [4.78, 5) is 20.4. The molecular formula is C30H35FN6O3. The molecule has 2 aromatic heterocycles. The molecule has 0 radical (unpaired) electrons. The van der Waals surface area contributed by atoms with Crippen LogP contribution in [0.3, 0.4) is 0 Å². The van der Waals surface area contributed by atoms with Crippen molar-refractivity contribution in [1.29, 1.82) is 0 Å². The molecule has 0 N–H and O–H groups in total. The lowest BCUT2D eigenvalue weighted by atomic mass is 9.91. The van der Waals surface area contributed by atoms with Crippen LogP contribution in [0.25, 0.3) is 22.3 Å². The lowest BCUT2D eigenvalue weighted by molar-refractivity contribution is -0.120. The molecule has 2 aliphatic rings. The number of carbonyl (C=O) groups is 1. The number of benzene rings is 2. The van der Waals surface area contributed by atoms with Crippen molar-refractivity contribution in [3.05, 3.63) is 53.7 Å². The number of piperidine rings is 1. The Morgan fingerprint density at radius 2 is 1.82 bits per heavy atom. The number of carbonyl (C=O) groups excluding carboxylic acids is 1. The van der Waals surface area contributed by atoms with Crippen LogP contribution in [0.2, 0.25) is 0 Å². The predicted molar refractivity (Wildman–Crippen MR) is 150 cm³/mol. The quantitative estimate of drug-likeness (QED) is 0.309. The van der Waals surface area contributed by atoms with E-state index in [4.69, 9.17) is 14.5 Å². The van der Waals surface area contributed by atoms with E-state index in [-0.39, 0.29) is 29.8 Å². The van der Waals surface area contributed by atoms with Crippen molar-refractivity contribution >= 4 is 22.6 Å². The summed E-state index contributed by atoms with van der Waals surface area (Å²) in [5, 5.41) is 8.39. The van der Waals surface area contributed by atoms with Crippen molar-refractivity contribution in [2.45, 2.75) is 70.1 Å². The highest BCUT2D eigenvalue weighted by atomic mass is 19.1. The minimum atomic E-state index is -0.492. The third-order valence-corrected chi connectivity index (χ3v) is 8.49. The van der Waals surface area contributed by atoms with Gasteiger partial charge in [0.2, 0.25) is 5.91 Å². The van der Waals surface area contributed by atoms with Crippen LogP contribution < -0.4 is 9.64 Å².